The van der Waals surface area contributed by atoms with Gasteiger partial charge >= 0.3 is 6.03 Å². The molecule has 8 heteroatoms. The predicted molar refractivity (Wildman–Crippen MR) is 114 cm³/mol. The van der Waals surface area contributed by atoms with Gasteiger partial charge in [-0.05, 0) is 41.5 Å². The Kier molecular flexibility index (Phi) is 6.01. The van der Waals surface area contributed by atoms with Gasteiger partial charge < -0.3 is 15.2 Å². The molecular formula is C22H18ClN5O2. The molecule has 2 amide bonds. The van der Waals surface area contributed by atoms with Crippen LogP contribution >= 0.6 is 11.6 Å². The third-order valence-electron chi connectivity index (χ3n) is 4.36. The summed E-state index contributed by atoms with van der Waals surface area (Å²) in [6.07, 6.45) is 3.75. The van der Waals surface area contributed by atoms with Gasteiger partial charge in [0.15, 0.2) is 0 Å². The van der Waals surface area contributed by atoms with Crippen molar-refractivity contribution in [3.05, 3.63) is 95.1 Å². The molecule has 0 unspecified atom stereocenters. The van der Waals surface area contributed by atoms with Crippen molar-refractivity contribution in [3.8, 4) is 11.4 Å². The maximum absolute atomic E-state index is 12.3. The average Bonchev–Trinajstić information content (AvgIpc) is 3.24. The van der Waals surface area contributed by atoms with Crippen LogP contribution in [0.15, 0.2) is 77.6 Å². The second kappa shape index (κ2) is 9.19. The van der Waals surface area contributed by atoms with Crippen LogP contribution in [0.3, 0.4) is 0 Å². The highest BCUT2D eigenvalue weighted by atomic mass is 35.5. The second-order valence-corrected chi connectivity index (χ2v) is 6.96. The molecule has 0 atom stereocenters. The zero-order chi connectivity index (χ0) is 20.8. The number of anilines is 1. The molecule has 150 valence electrons. The molecule has 0 spiro atoms. The smallest absolute Gasteiger partial charge is 0.319 e. The highest BCUT2D eigenvalue weighted by Crippen LogP contribution is 2.20. The molecule has 0 fully saturated rings. The Bertz CT molecular complexity index is 1130. The van der Waals surface area contributed by atoms with E-state index in [2.05, 4.69) is 25.8 Å². The molecule has 2 aromatic carbocycles. The normalized spacial score (nSPS) is 10.6. The topological polar surface area (TPSA) is 92.9 Å². The summed E-state index contributed by atoms with van der Waals surface area (Å²) in [5.41, 5.74) is 3.27. The Hall–Kier alpha value is -3.71. The molecule has 0 aliphatic carbocycles. The lowest BCUT2D eigenvalue weighted by Crippen LogP contribution is -2.28. The Labute approximate surface area is 178 Å². The highest BCUT2D eigenvalue weighted by molar-refractivity contribution is 6.30. The van der Waals surface area contributed by atoms with Crippen molar-refractivity contribution < 1.29 is 9.32 Å². The van der Waals surface area contributed by atoms with Gasteiger partial charge in [-0.2, -0.15) is 4.98 Å². The van der Waals surface area contributed by atoms with Crippen molar-refractivity contribution in [2.45, 2.75) is 13.0 Å². The van der Waals surface area contributed by atoms with E-state index in [1.807, 2.05) is 48.5 Å². The molecule has 2 aromatic heterocycles. The lowest BCUT2D eigenvalue weighted by atomic mass is 10.1. The van der Waals surface area contributed by atoms with E-state index in [4.69, 9.17) is 16.1 Å². The fraction of sp³-hybridized carbons (Fsp3) is 0.0909. The number of rotatable bonds is 6. The van der Waals surface area contributed by atoms with Gasteiger partial charge in [-0.15, -0.1) is 0 Å². The number of carbonyl (C=O) groups is 1. The molecule has 2 N–H and O–H groups in total. The maximum Gasteiger partial charge on any atom is 0.319 e. The number of benzene rings is 2. The molecule has 4 aromatic rings. The van der Waals surface area contributed by atoms with E-state index in [0.717, 1.165) is 16.7 Å². The lowest BCUT2D eigenvalue weighted by Gasteiger charge is -2.11. The third-order valence-corrected chi connectivity index (χ3v) is 4.61. The van der Waals surface area contributed by atoms with Crippen LogP contribution in [-0.2, 0) is 13.0 Å². The molecule has 0 bridgehead atoms. The number of para-hydroxylation sites is 1. The molecule has 0 aliphatic rings. The third kappa shape index (κ3) is 5.01. The number of aromatic nitrogens is 3. The Morgan fingerprint density at radius 2 is 1.87 bits per heavy atom. The van der Waals surface area contributed by atoms with E-state index in [1.165, 1.54) is 0 Å². The molecule has 2 heterocycles. The number of nitrogens with zero attached hydrogens (tertiary/aromatic N) is 3. The highest BCUT2D eigenvalue weighted by Gasteiger charge is 2.13. The first kappa shape index (κ1) is 19.6. The van der Waals surface area contributed by atoms with Gasteiger partial charge in [0.05, 0.1) is 6.42 Å². The summed E-state index contributed by atoms with van der Waals surface area (Å²) in [5.74, 6) is 0.925. The number of carbonyl (C=O) groups excluding carboxylic acids is 1. The molecule has 30 heavy (non-hydrogen) atoms. The first-order valence-electron chi connectivity index (χ1n) is 9.27. The summed E-state index contributed by atoms with van der Waals surface area (Å²) >= 11 is 5.88. The van der Waals surface area contributed by atoms with E-state index in [-0.39, 0.29) is 6.03 Å². The van der Waals surface area contributed by atoms with Crippen molar-refractivity contribution >= 4 is 23.3 Å². The Balaban J connectivity index is 1.40. The van der Waals surface area contributed by atoms with Crippen molar-refractivity contribution in [3.63, 3.8) is 0 Å². The predicted octanol–water partition coefficient (Wildman–Crippen LogP) is 4.70. The summed E-state index contributed by atoms with van der Waals surface area (Å²) in [6.45, 7) is 0.392. The van der Waals surface area contributed by atoms with Crippen LogP contribution in [0.25, 0.3) is 11.4 Å². The van der Waals surface area contributed by atoms with Gasteiger partial charge in [0.2, 0.25) is 11.7 Å². The molecule has 0 saturated heterocycles. The molecule has 0 aliphatic heterocycles. The van der Waals surface area contributed by atoms with Gasteiger partial charge in [-0.25, -0.2) is 4.79 Å². The fourth-order valence-corrected chi connectivity index (χ4v) is 2.98. The SMILES string of the molecule is O=C(NCc1ccc(Cl)cc1)Nc1ccccc1Cc1nc(-c2cccnc2)no1. The molecule has 4 rings (SSSR count). The van der Waals surface area contributed by atoms with Crippen molar-refractivity contribution in [1.29, 1.82) is 0 Å². The molecule has 0 radical (unpaired) electrons. The number of halogens is 1. The largest absolute Gasteiger partial charge is 0.339 e. The van der Waals surface area contributed by atoms with E-state index in [1.54, 1.807) is 24.5 Å². The van der Waals surface area contributed by atoms with E-state index in [9.17, 15) is 4.79 Å². The number of amides is 2. The number of hydrogen-bond donors (Lipinski definition) is 2. The minimum atomic E-state index is -0.307. The Morgan fingerprint density at radius 1 is 1.03 bits per heavy atom. The zero-order valence-corrected chi connectivity index (χ0v) is 16.6. The second-order valence-electron chi connectivity index (χ2n) is 6.52. The van der Waals surface area contributed by atoms with Gasteiger partial charge in [0.25, 0.3) is 0 Å². The van der Waals surface area contributed by atoms with Crippen LogP contribution in [0.1, 0.15) is 17.0 Å². The maximum atomic E-state index is 12.3. The average molecular weight is 420 g/mol. The summed E-state index contributed by atoms with van der Waals surface area (Å²) in [5, 5.41) is 10.4. The minimum Gasteiger partial charge on any atom is -0.339 e. The first-order valence-corrected chi connectivity index (χ1v) is 9.65. The Morgan fingerprint density at radius 3 is 2.67 bits per heavy atom. The van der Waals surface area contributed by atoms with E-state index >= 15 is 0 Å². The van der Waals surface area contributed by atoms with Crippen LogP contribution in [0.4, 0.5) is 10.5 Å². The quantitative estimate of drug-likeness (QED) is 0.472. The van der Waals surface area contributed by atoms with Crippen molar-refractivity contribution in [1.82, 2.24) is 20.4 Å². The number of nitrogens with one attached hydrogen (secondary N) is 2. The van der Waals surface area contributed by atoms with E-state index < -0.39 is 0 Å². The molecule has 0 saturated carbocycles. The van der Waals surface area contributed by atoms with Crippen molar-refractivity contribution in [2.75, 3.05) is 5.32 Å². The number of hydrogen-bond acceptors (Lipinski definition) is 5. The van der Waals surface area contributed by atoms with Gasteiger partial charge in [-0.1, -0.05) is 47.1 Å². The molecular weight excluding hydrogens is 402 g/mol. The lowest BCUT2D eigenvalue weighted by molar-refractivity contribution is 0.251. The fourth-order valence-electron chi connectivity index (χ4n) is 2.85. The van der Waals surface area contributed by atoms with Crippen LogP contribution in [0, 0.1) is 0 Å². The van der Waals surface area contributed by atoms with Gasteiger partial charge in [-0.3, -0.25) is 4.98 Å². The van der Waals surface area contributed by atoms with Crippen LogP contribution in [-0.4, -0.2) is 21.2 Å². The monoisotopic (exact) mass is 419 g/mol. The van der Waals surface area contributed by atoms with E-state index in [0.29, 0.717) is 35.4 Å². The summed E-state index contributed by atoms with van der Waals surface area (Å²) in [6, 6.07) is 18.2. The summed E-state index contributed by atoms with van der Waals surface area (Å²) in [4.78, 5) is 20.8. The van der Waals surface area contributed by atoms with Crippen LogP contribution < -0.4 is 10.6 Å². The first-order chi connectivity index (χ1) is 14.7. The molecule has 7 nitrogen and oxygen atoms in total. The summed E-state index contributed by atoms with van der Waals surface area (Å²) in [7, 11) is 0. The van der Waals surface area contributed by atoms with Crippen LogP contribution in [0.5, 0.6) is 0 Å². The van der Waals surface area contributed by atoms with Gasteiger partial charge in [0.1, 0.15) is 0 Å². The number of urea groups is 1. The van der Waals surface area contributed by atoms with Crippen LogP contribution in [0.2, 0.25) is 5.02 Å². The van der Waals surface area contributed by atoms with Gasteiger partial charge in [0, 0.05) is 35.2 Å². The summed E-state index contributed by atoms with van der Waals surface area (Å²) < 4.78 is 5.37. The van der Waals surface area contributed by atoms with Crippen molar-refractivity contribution in [2.24, 2.45) is 0 Å². The standard InChI is InChI=1S/C22H18ClN5O2/c23-18-9-7-15(8-10-18)13-25-22(29)26-19-6-2-1-4-16(19)12-20-27-21(28-30-20)17-5-3-11-24-14-17/h1-11,14H,12-13H2,(H2,25,26,29). The minimum absolute atomic E-state index is 0.307. The zero-order valence-electron chi connectivity index (χ0n) is 15.9. The number of pyridine rings is 1.